The van der Waals surface area contributed by atoms with Gasteiger partial charge in [0.15, 0.2) is 0 Å². The van der Waals surface area contributed by atoms with E-state index in [9.17, 15) is 19.2 Å². The Kier molecular flexibility index (Phi) is 6.24. The minimum absolute atomic E-state index is 0.0265. The molecule has 4 aromatic carbocycles. The second-order valence-corrected chi connectivity index (χ2v) is 7.09. The van der Waals surface area contributed by atoms with Crippen LogP contribution in [0.15, 0.2) is 96.6 Å². The molecule has 4 rings (SSSR count). The van der Waals surface area contributed by atoms with Crippen LogP contribution in [0.5, 0.6) is 5.75 Å². The van der Waals surface area contributed by atoms with Crippen LogP contribution in [0.2, 0.25) is 0 Å². The molecule has 4 aromatic rings. The van der Waals surface area contributed by atoms with Crippen molar-refractivity contribution < 1.29 is 18.7 Å². The lowest BCUT2D eigenvalue weighted by molar-refractivity contribution is -0.112. The predicted octanol–water partition coefficient (Wildman–Crippen LogP) is 5.74. The number of benzene rings is 4. The van der Waals surface area contributed by atoms with Crippen LogP contribution in [0.3, 0.4) is 0 Å². The predicted molar refractivity (Wildman–Crippen MR) is 124 cm³/mol. The smallest absolute Gasteiger partial charge is 0.344 e. The fraction of sp³-hybridized carbons (Fsp3) is 0. The Morgan fingerprint density at radius 1 is 0.909 bits per heavy atom. The number of esters is 1. The van der Waals surface area contributed by atoms with E-state index >= 15 is 0 Å². The van der Waals surface area contributed by atoms with Crippen molar-refractivity contribution in [2.75, 3.05) is 5.32 Å². The standard InChI is InChI=1S/C27H17FN2O3/c28-24-13-3-4-14-25(24)30-26(31)20(17-29)15-18-7-5-10-21(16-18)33-27(32)23-12-6-9-19-8-1-2-11-22(19)23/h1-16H,(H,30,31)/b20-15+. The fourth-order valence-corrected chi connectivity index (χ4v) is 3.30. The number of nitrogens with one attached hydrogen (secondary N) is 1. The van der Waals surface area contributed by atoms with Gasteiger partial charge in [-0.05, 0) is 52.7 Å². The lowest BCUT2D eigenvalue weighted by atomic mass is 10.0. The number of carbonyl (C=O) groups is 2. The summed E-state index contributed by atoms with van der Waals surface area (Å²) in [5, 5.41) is 13.5. The molecule has 0 radical (unpaired) electrons. The van der Waals surface area contributed by atoms with Crippen molar-refractivity contribution in [1.82, 2.24) is 0 Å². The highest BCUT2D eigenvalue weighted by Crippen LogP contribution is 2.22. The SMILES string of the molecule is N#C/C(=C\c1cccc(OC(=O)c2cccc3ccccc23)c1)C(=O)Nc1ccccc1F. The molecule has 0 aliphatic rings. The number of hydrogen-bond acceptors (Lipinski definition) is 4. The van der Waals surface area contributed by atoms with Gasteiger partial charge in [-0.15, -0.1) is 0 Å². The molecule has 1 amide bonds. The molecule has 1 N–H and O–H groups in total. The maximum atomic E-state index is 13.8. The van der Waals surface area contributed by atoms with Gasteiger partial charge >= 0.3 is 5.97 Å². The monoisotopic (exact) mass is 436 g/mol. The van der Waals surface area contributed by atoms with E-state index in [4.69, 9.17) is 4.74 Å². The van der Waals surface area contributed by atoms with Crippen LogP contribution in [0.1, 0.15) is 15.9 Å². The number of nitrogens with zero attached hydrogens (tertiary/aromatic N) is 1. The molecular weight excluding hydrogens is 419 g/mol. The van der Waals surface area contributed by atoms with E-state index in [1.54, 1.807) is 36.4 Å². The Morgan fingerprint density at radius 2 is 1.64 bits per heavy atom. The molecule has 0 atom stereocenters. The van der Waals surface area contributed by atoms with Crippen molar-refractivity contribution in [3.63, 3.8) is 0 Å². The molecule has 0 aromatic heterocycles. The van der Waals surface area contributed by atoms with Crippen molar-refractivity contribution in [3.8, 4) is 11.8 Å². The Balaban J connectivity index is 1.55. The number of amides is 1. The van der Waals surface area contributed by atoms with E-state index in [2.05, 4.69) is 5.32 Å². The number of nitriles is 1. The van der Waals surface area contributed by atoms with Gasteiger partial charge in [0.1, 0.15) is 23.2 Å². The van der Waals surface area contributed by atoms with Crippen LogP contribution >= 0.6 is 0 Å². The van der Waals surface area contributed by atoms with E-state index in [0.717, 1.165) is 10.8 Å². The highest BCUT2D eigenvalue weighted by Gasteiger charge is 2.14. The van der Waals surface area contributed by atoms with Crippen molar-refractivity contribution in [1.29, 1.82) is 5.26 Å². The van der Waals surface area contributed by atoms with Crippen molar-refractivity contribution in [3.05, 3.63) is 114 Å². The molecule has 0 saturated heterocycles. The van der Waals surface area contributed by atoms with Crippen molar-refractivity contribution in [2.45, 2.75) is 0 Å². The van der Waals surface area contributed by atoms with Crippen molar-refractivity contribution >= 4 is 34.4 Å². The topological polar surface area (TPSA) is 79.2 Å². The summed E-state index contributed by atoms with van der Waals surface area (Å²) in [6.07, 6.45) is 1.34. The normalized spacial score (nSPS) is 11.0. The maximum Gasteiger partial charge on any atom is 0.344 e. The summed E-state index contributed by atoms with van der Waals surface area (Å²) in [5.74, 6) is -1.62. The summed E-state index contributed by atoms with van der Waals surface area (Å²) in [6.45, 7) is 0. The molecule has 0 fully saturated rings. The summed E-state index contributed by atoms with van der Waals surface area (Å²) in [7, 11) is 0. The number of hydrogen-bond donors (Lipinski definition) is 1. The summed E-state index contributed by atoms with van der Waals surface area (Å²) >= 11 is 0. The summed E-state index contributed by atoms with van der Waals surface area (Å²) < 4.78 is 19.3. The fourth-order valence-electron chi connectivity index (χ4n) is 3.30. The zero-order valence-corrected chi connectivity index (χ0v) is 17.3. The maximum absolute atomic E-state index is 13.8. The molecule has 0 saturated carbocycles. The van der Waals surface area contributed by atoms with Gasteiger partial charge in [-0.2, -0.15) is 5.26 Å². The number of anilines is 1. The largest absolute Gasteiger partial charge is 0.423 e. The van der Waals surface area contributed by atoms with E-state index < -0.39 is 17.7 Å². The third-order valence-electron chi connectivity index (χ3n) is 4.88. The van der Waals surface area contributed by atoms with Crippen LogP contribution in [0.25, 0.3) is 16.8 Å². The average molecular weight is 436 g/mol. The quantitative estimate of drug-likeness (QED) is 0.187. The van der Waals surface area contributed by atoms with Gasteiger partial charge in [-0.3, -0.25) is 4.79 Å². The molecule has 0 aliphatic carbocycles. The zero-order valence-electron chi connectivity index (χ0n) is 17.3. The zero-order chi connectivity index (χ0) is 23.2. The van der Waals surface area contributed by atoms with E-state index in [-0.39, 0.29) is 17.0 Å². The van der Waals surface area contributed by atoms with Gasteiger partial charge < -0.3 is 10.1 Å². The van der Waals surface area contributed by atoms with Crippen LogP contribution in [-0.4, -0.2) is 11.9 Å². The van der Waals surface area contributed by atoms with Crippen LogP contribution in [0, 0.1) is 17.1 Å². The number of ether oxygens (including phenoxy) is 1. The number of rotatable bonds is 5. The number of halogens is 1. The van der Waals surface area contributed by atoms with E-state index in [1.807, 2.05) is 36.4 Å². The van der Waals surface area contributed by atoms with Gasteiger partial charge in [0.25, 0.3) is 5.91 Å². The van der Waals surface area contributed by atoms with Gasteiger partial charge in [-0.25, -0.2) is 9.18 Å². The minimum atomic E-state index is -0.749. The molecule has 6 heteroatoms. The number of para-hydroxylation sites is 1. The molecule has 0 bridgehead atoms. The lowest BCUT2D eigenvalue weighted by Crippen LogP contribution is -2.14. The third-order valence-corrected chi connectivity index (χ3v) is 4.88. The molecule has 5 nitrogen and oxygen atoms in total. The van der Waals surface area contributed by atoms with Crippen LogP contribution < -0.4 is 10.1 Å². The average Bonchev–Trinajstić information content (AvgIpc) is 2.83. The highest BCUT2D eigenvalue weighted by molar-refractivity contribution is 6.09. The van der Waals surface area contributed by atoms with Gasteiger partial charge in [0, 0.05) is 0 Å². The van der Waals surface area contributed by atoms with Gasteiger partial charge in [0.05, 0.1) is 11.3 Å². The Labute approximate surface area is 189 Å². The van der Waals surface area contributed by atoms with E-state index in [1.165, 1.54) is 30.3 Å². The second kappa shape index (κ2) is 9.58. The first-order valence-electron chi connectivity index (χ1n) is 10.0. The first-order chi connectivity index (χ1) is 16.0. The van der Waals surface area contributed by atoms with Crippen LogP contribution in [-0.2, 0) is 4.79 Å². The lowest BCUT2D eigenvalue weighted by Gasteiger charge is -2.08. The molecule has 0 heterocycles. The highest BCUT2D eigenvalue weighted by atomic mass is 19.1. The third kappa shape index (κ3) is 4.94. The van der Waals surface area contributed by atoms with Gasteiger partial charge in [-0.1, -0.05) is 60.7 Å². The first kappa shape index (κ1) is 21.5. The summed E-state index contributed by atoms with van der Waals surface area (Å²) in [4.78, 5) is 25.2. The number of carbonyl (C=O) groups excluding carboxylic acids is 2. The molecule has 0 aliphatic heterocycles. The number of fused-ring (bicyclic) bond motifs is 1. The van der Waals surface area contributed by atoms with E-state index in [0.29, 0.717) is 11.1 Å². The Hall–Kier alpha value is -4.76. The molecule has 0 spiro atoms. The Morgan fingerprint density at radius 3 is 2.45 bits per heavy atom. The molecule has 33 heavy (non-hydrogen) atoms. The molecular formula is C27H17FN2O3. The van der Waals surface area contributed by atoms with Crippen LogP contribution in [0.4, 0.5) is 10.1 Å². The summed E-state index contributed by atoms with van der Waals surface area (Å²) in [5.41, 5.74) is 0.645. The Bertz CT molecular complexity index is 1430. The molecule has 0 unspecified atom stereocenters. The minimum Gasteiger partial charge on any atom is -0.423 e. The van der Waals surface area contributed by atoms with Crippen molar-refractivity contribution in [2.24, 2.45) is 0 Å². The summed E-state index contributed by atoms with van der Waals surface area (Å²) in [6, 6.07) is 26.8. The second-order valence-electron chi connectivity index (χ2n) is 7.09. The van der Waals surface area contributed by atoms with Gasteiger partial charge in [0.2, 0.25) is 0 Å². The molecule has 160 valence electrons. The first-order valence-corrected chi connectivity index (χ1v) is 10.0.